The number of halogens is 4. The van der Waals surface area contributed by atoms with Crippen LogP contribution in [0.2, 0.25) is 5.02 Å². The molecule has 36 heavy (non-hydrogen) atoms. The van der Waals surface area contributed by atoms with Gasteiger partial charge in [-0.15, -0.1) is 10.2 Å². The number of carbonyl (C=O) groups excluding carboxylic acids is 1. The van der Waals surface area contributed by atoms with Gasteiger partial charge in [0, 0.05) is 23.1 Å². The van der Waals surface area contributed by atoms with Crippen molar-refractivity contribution in [2.75, 3.05) is 5.32 Å². The number of hydrogen-bond acceptors (Lipinski definition) is 6. The van der Waals surface area contributed by atoms with E-state index in [1.54, 1.807) is 17.5 Å². The van der Waals surface area contributed by atoms with E-state index >= 15 is 0 Å². The van der Waals surface area contributed by atoms with Crippen LogP contribution in [0.5, 0.6) is 11.6 Å². The molecule has 0 aliphatic heterocycles. The minimum Gasteiger partial charge on any atom is -0.436 e. The molecule has 0 saturated heterocycles. The highest BCUT2D eigenvalue weighted by Gasteiger charge is 2.40. The second kappa shape index (κ2) is 8.96. The zero-order valence-corrected chi connectivity index (χ0v) is 19.1. The molecule has 0 fully saturated rings. The summed E-state index contributed by atoms with van der Waals surface area (Å²) >= 11 is 5.82. The molecule has 5 rings (SSSR count). The molecule has 0 aliphatic carbocycles. The SMILES string of the molecule is Cc1nnc2c(Oc3ccc(NC(=O)c4cnn(-c5ccc(Cl)cc5)c4C(F)(F)F)cc3)nccn12. The number of amides is 1. The second-order valence-electron chi connectivity index (χ2n) is 7.55. The highest BCUT2D eigenvalue weighted by atomic mass is 35.5. The van der Waals surface area contributed by atoms with Gasteiger partial charge in [-0.1, -0.05) is 11.6 Å². The molecular weight excluding hydrogens is 499 g/mol. The first-order valence-electron chi connectivity index (χ1n) is 10.4. The molecule has 0 bridgehead atoms. The molecule has 1 amide bonds. The van der Waals surface area contributed by atoms with Gasteiger partial charge in [0.15, 0.2) is 5.69 Å². The molecular formula is C23H15ClF3N7O2. The first-order chi connectivity index (χ1) is 17.2. The maximum Gasteiger partial charge on any atom is 0.434 e. The number of ether oxygens (including phenoxy) is 1. The third-order valence-corrected chi connectivity index (χ3v) is 5.40. The summed E-state index contributed by atoms with van der Waals surface area (Å²) in [7, 11) is 0. The Morgan fingerprint density at radius 1 is 1.06 bits per heavy atom. The summed E-state index contributed by atoms with van der Waals surface area (Å²) in [4.78, 5) is 16.9. The van der Waals surface area contributed by atoms with Gasteiger partial charge in [-0.05, 0) is 55.5 Å². The summed E-state index contributed by atoms with van der Waals surface area (Å²) in [6.07, 6.45) is -0.734. The molecule has 0 radical (unpaired) electrons. The van der Waals surface area contributed by atoms with Gasteiger partial charge in [-0.2, -0.15) is 18.3 Å². The first-order valence-corrected chi connectivity index (χ1v) is 10.8. The quantitative estimate of drug-likeness (QED) is 0.341. The molecule has 0 aliphatic rings. The number of anilines is 1. The molecule has 9 nitrogen and oxygen atoms in total. The summed E-state index contributed by atoms with van der Waals surface area (Å²) < 4.78 is 49.8. The molecule has 0 spiro atoms. The monoisotopic (exact) mass is 513 g/mol. The van der Waals surface area contributed by atoms with E-state index in [2.05, 4.69) is 25.6 Å². The molecule has 13 heteroatoms. The molecule has 3 heterocycles. The van der Waals surface area contributed by atoms with Crippen molar-refractivity contribution in [1.29, 1.82) is 0 Å². The van der Waals surface area contributed by atoms with Crippen LogP contribution < -0.4 is 10.1 Å². The van der Waals surface area contributed by atoms with Crippen LogP contribution in [0.4, 0.5) is 18.9 Å². The van der Waals surface area contributed by atoms with Crippen molar-refractivity contribution in [3.05, 3.63) is 89.2 Å². The van der Waals surface area contributed by atoms with Crippen LogP contribution in [0, 0.1) is 6.92 Å². The van der Waals surface area contributed by atoms with E-state index in [-0.39, 0.29) is 17.3 Å². The largest absolute Gasteiger partial charge is 0.436 e. The fraction of sp³-hybridized carbons (Fsp3) is 0.0870. The van der Waals surface area contributed by atoms with Gasteiger partial charge < -0.3 is 10.1 Å². The van der Waals surface area contributed by atoms with Gasteiger partial charge >= 0.3 is 6.18 Å². The molecule has 1 N–H and O–H groups in total. The topological polar surface area (TPSA) is 99.2 Å². The van der Waals surface area contributed by atoms with Gasteiger partial charge in [0.2, 0.25) is 5.65 Å². The number of carbonyl (C=O) groups is 1. The average molecular weight is 514 g/mol. The van der Waals surface area contributed by atoms with E-state index in [9.17, 15) is 18.0 Å². The van der Waals surface area contributed by atoms with Crippen LogP contribution in [0.25, 0.3) is 11.3 Å². The summed E-state index contributed by atoms with van der Waals surface area (Å²) in [5.74, 6) is 0.287. The molecule has 0 saturated carbocycles. The molecule has 182 valence electrons. The van der Waals surface area contributed by atoms with Crippen LogP contribution in [-0.2, 0) is 6.18 Å². The van der Waals surface area contributed by atoms with Gasteiger partial charge in [-0.25, -0.2) is 9.67 Å². The lowest BCUT2D eigenvalue weighted by atomic mass is 10.2. The fourth-order valence-corrected chi connectivity index (χ4v) is 3.60. The van der Waals surface area contributed by atoms with Crippen LogP contribution in [0.3, 0.4) is 0 Å². The third-order valence-electron chi connectivity index (χ3n) is 5.15. The van der Waals surface area contributed by atoms with Crippen molar-refractivity contribution in [2.24, 2.45) is 0 Å². The molecule has 0 atom stereocenters. The predicted molar refractivity (Wildman–Crippen MR) is 124 cm³/mol. The van der Waals surface area contributed by atoms with E-state index in [1.807, 2.05) is 0 Å². The van der Waals surface area contributed by atoms with Crippen molar-refractivity contribution in [3.63, 3.8) is 0 Å². The van der Waals surface area contributed by atoms with Crippen LogP contribution in [0.15, 0.2) is 67.1 Å². The van der Waals surface area contributed by atoms with Crippen molar-refractivity contribution in [1.82, 2.24) is 29.4 Å². The number of alkyl halides is 3. The Bertz CT molecular complexity index is 1560. The highest BCUT2D eigenvalue weighted by molar-refractivity contribution is 6.30. The smallest absolute Gasteiger partial charge is 0.434 e. The number of nitrogens with zero attached hydrogens (tertiary/aromatic N) is 6. The Labute approximate surface area is 206 Å². The minimum atomic E-state index is -4.84. The fourth-order valence-electron chi connectivity index (χ4n) is 3.47. The molecule has 5 aromatic rings. The predicted octanol–water partition coefficient (Wildman–Crippen LogP) is 5.34. The molecule has 3 aromatic heterocycles. The number of aryl methyl sites for hydroxylation is 1. The van der Waals surface area contributed by atoms with E-state index in [4.69, 9.17) is 16.3 Å². The van der Waals surface area contributed by atoms with Crippen LogP contribution >= 0.6 is 11.6 Å². The van der Waals surface area contributed by atoms with Gasteiger partial charge in [0.25, 0.3) is 11.8 Å². The Morgan fingerprint density at radius 2 is 1.78 bits per heavy atom. The number of nitrogens with one attached hydrogen (secondary N) is 1. The number of benzene rings is 2. The van der Waals surface area contributed by atoms with E-state index in [1.165, 1.54) is 54.7 Å². The number of fused-ring (bicyclic) bond motifs is 1. The van der Waals surface area contributed by atoms with Crippen LogP contribution in [-0.4, -0.2) is 35.3 Å². The molecule has 2 aromatic carbocycles. The lowest BCUT2D eigenvalue weighted by molar-refractivity contribution is -0.143. The van der Waals surface area contributed by atoms with E-state index in [0.29, 0.717) is 26.9 Å². The number of rotatable bonds is 5. The van der Waals surface area contributed by atoms with Gasteiger partial charge in [0.05, 0.1) is 17.4 Å². The summed E-state index contributed by atoms with van der Waals surface area (Å²) in [5.41, 5.74) is -1.05. The maximum atomic E-state index is 13.9. The minimum absolute atomic E-state index is 0.110. The summed E-state index contributed by atoms with van der Waals surface area (Å²) in [6.45, 7) is 1.78. The zero-order valence-electron chi connectivity index (χ0n) is 18.4. The molecule has 0 unspecified atom stereocenters. The van der Waals surface area contributed by atoms with Crippen molar-refractivity contribution in [2.45, 2.75) is 13.1 Å². The lowest BCUT2D eigenvalue weighted by Crippen LogP contribution is -2.20. The van der Waals surface area contributed by atoms with E-state index < -0.39 is 23.3 Å². The average Bonchev–Trinajstić information content (AvgIpc) is 3.46. The second-order valence-corrected chi connectivity index (χ2v) is 7.98. The van der Waals surface area contributed by atoms with Gasteiger partial charge in [-0.3, -0.25) is 9.20 Å². The van der Waals surface area contributed by atoms with Crippen molar-refractivity contribution in [3.8, 4) is 17.3 Å². The third kappa shape index (κ3) is 4.45. The van der Waals surface area contributed by atoms with Gasteiger partial charge in [0.1, 0.15) is 11.6 Å². The highest BCUT2D eigenvalue weighted by Crippen LogP contribution is 2.34. The number of hydrogen-bond donors (Lipinski definition) is 1. The summed E-state index contributed by atoms with van der Waals surface area (Å²) in [5, 5.41) is 14.6. The van der Waals surface area contributed by atoms with Crippen molar-refractivity contribution >= 4 is 28.8 Å². The number of aromatic nitrogens is 6. The van der Waals surface area contributed by atoms with E-state index in [0.717, 1.165) is 6.20 Å². The van der Waals surface area contributed by atoms with Crippen LogP contribution in [0.1, 0.15) is 21.9 Å². The lowest BCUT2D eigenvalue weighted by Gasteiger charge is -2.13. The maximum absolute atomic E-state index is 13.9. The zero-order chi connectivity index (χ0) is 25.4. The summed E-state index contributed by atoms with van der Waals surface area (Å²) in [6, 6.07) is 11.7. The van der Waals surface area contributed by atoms with Crippen molar-refractivity contribution < 1.29 is 22.7 Å². The normalized spacial score (nSPS) is 11.6. The Morgan fingerprint density at radius 3 is 2.47 bits per heavy atom. The Hall–Kier alpha value is -4.45. The Balaban J connectivity index is 1.37. The first kappa shape index (κ1) is 23.3. The standard InChI is InChI=1S/C23H15ClF3N7O2/c1-13-31-32-20-22(28-10-11-33(13)20)36-17-8-4-15(5-9-17)30-21(35)18-12-29-34(19(18)23(25,26)27)16-6-2-14(24)3-7-16/h2-12H,1H3,(H,30,35). The Kier molecular flexibility index (Phi) is 5.80.